The minimum Gasteiger partial charge on any atom is -0.461 e. The molecule has 0 aliphatic carbocycles. The topological polar surface area (TPSA) is 61.8 Å². The van der Waals surface area contributed by atoms with Crippen LogP contribution in [0.5, 0.6) is 0 Å². The molecular formula is C51H86O5. The molecule has 0 aliphatic rings. The van der Waals surface area contributed by atoms with Crippen LogP contribution in [0.2, 0.25) is 0 Å². The molecule has 0 aromatic carbocycles. The van der Waals surface area contributed by atoms with Gasteiger partial charge in [0.25, 0.3) is 0 Å². The number of carbonyl (C=O) groups is 2. The van der Waals surface area contributed by atoms with E-state index in [9.17, 15) is 9.59 Å². The van der Waals surface area contributed by atoms with Gasteiger partial charge < -0.3 is 14.2 Å². The van der Waals surface area contributed by atoms with Crippen LogP contribution in [0.25, 0.3) is 0 Å². The fraction of sp³-hybridized carbons (Fsp3) is 0.686. The molecule has 5 nitrogen and oxygen atoms in total. The first-order valence-electron chi connectivity index (χ1n) is 23.1. The van der Waals surface area contributed by atoms with Gasteiger partial charge in [-0.3, -0.25) is 9.59 Å². The second kappa shape index (κ2) is 46.5. The Balaban J connectivity index is 4.37. The van der Waals surface area contributed by atoms with Crippen molar-refractivity contribution in [2.24, 2.45) is 0 Å². The van der Waals surface area contributed by atoms with Gasteiger partial charge in [-0.15, -0.1) is 0 Å². The van der Waals surface area contributed by atoms with E-state index in [0.29, 0.717) is 13.0 Å². The third-order valence-corrected chi connectivity index (χ3v) is 9.45. The fourth-order valence-corrected chi connectivity index (χ4v) is 6.02. The molecule has 0 aliphatic heterocycles. The number of allylic oxidation sites excluding steroid dienone is 13. The highest BCUT2D eigenvalue weighted by Gasteiger charge is 2.17. The Hall–Kier alpha value is -2.92. The zero-order valence-corrected chi connectivity index (χ0v) is 36.6. The number of esters is 2. The Morgan fingerprint density at radius 3 is 1.41 bits per heavy atom. The maximum atomic E-state index is 12.7. The van der Waals surface area contributed by atoms with Crippen LogP contribution >= 0.6 is 0 Å². The van der Waals surface area contributed by atoms with Gasteiger partial charge in [0, 0.05) is 13.0 Å². The zero-order valence-electron chi connectivity index (χ0n) is 36.6. The van der Waals surface area contributed by atoms with Crippen LogP contribution < -0.4 is 0 Å². The van der Waals surface area contributed by atoms with Gasteiger partial charge in [-0.25, -0.2) is 0 Å². The maximum Gasteiger partial charge on any atom is 0.309 e. The summed E-state index contributed by atoms with van der Waals surface area (Å²) in [6.07, 6.45) is 60.4. The number of rotatable bonds is 41. The van der Waals surface area contributed by atoms with Gasteiger partial charge >= 0.3 is 11.9 Å². The highest BCUT2D eigenvalue weighted by Crippen LogP contribution is 2.12. The maximum absolute atomic E-state index is 12.7. The lowest BCUT2D eigenvalue weighted by atomic mass is 10.1. The summed E-state index contributed by atoms with van der Waals surface area (Å²) in [5.41, 5.74) is 0. The Labute approximate surface area is 346 Å². The molecular weight excluding hydrogens is 693 g/mol. The summed E-state index contributed by atoms with van der Waals surface area (Å²) in [5.74, 6) is -0.555. The van der Waals surface area contributed by atoms with E-state index in [2.05, 4.69) is 93.7 Å². The first kappa shape index (κ1) is 53.1. The summed E-state index contributed by atoms with van der Waals surface area (Å²) in [6.45, 7) is 7.53. The van der Waals surface area contributed by atoms with E-state index in [0.717, 1.165) is 70.6 Å². The van der Waals surface area contributed by atoms with Crippen LogP contribution in [0.3, 0.4) is 0 Å². The van der Waals surface area contributed by atoms with E-state index in [1.54, 1.807) is 0 Å². The Morgan fingerprint density at radius 2 is 0.857 bits per heavy atom. The van der Waals surface area contributed by atoms with Crippen molar-refractivity contribution < 1.29 is 23.8 Å². The largest absolute Gasteiger partial charge is 0.461 e. The zero-order chi connectivity index (χ0) is 40.7. The van der Waals surface area contributed by atoms with Crippen LogP contribution in [-0.4, -0.2) is 37.9 Å². The molecule has 0 saturated carbocycles. The van der Waals surface area contributed by atoms with Crippen molar-refractivity contribution in [2.45, 2.75) is 207 Å². The predicted octanol–water partition coefficient (Wildman–Crippen LogP) is 15.3. The molecule has 320 valence electrons. The number of hydrogen-bond acceptors (Lipinski definition) is 5. The summed E-state index contributed by atoms with van der Waals surface area (Å²) >= 11 is 0. The Morgan fingerprint density at radius 1 is 0.429 bits per heavy atom. The molecule has 56 heavy (non-hydrogen) atoms. The summed E-state index contributed by atoms with van der Waals surface area (Å²) in [7, 11) is 0. The average molecular weight is 779 g/mol. The second-order valence-corrected chi connectivity index (χ2v) is 14.9. The lowest BCUT2D eigenvalue weighted by Crippen LogP contribution is -2.30. The van der Waals surface area contributed by atoms with Crippen LogP contribution in [0.1, 0.15) is 201 Å². The summed E-state index contributed by atoms with van der Waals surface area (Å²) in [5, 5.41) is 0. The number of ether oxygens (including phenoxy) is 3. The van der Waals surface area contributed by atoms with E-state index in [1.807, 2.05) is 12.2 Å². The minimum absolute atomic E-state index is 0.0245. The van der Waals surface area contributed by atoms with E-state index in [-0.39, 0.29) is 31.6 Å². The van der Waals surface area contributed by atoms with Gasteiger partial charge in [0.1, 0.15) is 6.61 Å². The molecule has 0 fully saturated rings. The number of hydrogen-bond donors (Lipinski definition) is 0. The van der Waals surface area contributed by atoms with Crippen molar-refractivity contribution in [1.29, 1.82) is 0 Å². The Bertz CT molecular complexity index is 1060. The standard InChI is InChI=1S/C51H86O5/c1-4-7-10-13-16-19-21-23-25-27-29-31-34-37-40-43-46-54-47-49(56-51(53)45-42-39-36-32-18-15-12-9-6-3)48-55-50(52)44-41-38-35-33-30-28-26-24-22-20-17-14-11-8-5-2/h8,11,16-17,19-20,23-26,30,33,38,41,49H,4-7,9-10,12-15,18,21-22,27-29,31-32,34-37,39-40,42-48H2,1-3H3/b11-8-,19-16-,20-17-,25-23-,26-24-,33-30-,41-38-. The molecule has 1 unspecified atom stereocenters. The first-order chi connectivity index (χ1) is 27.6. The van der Waals surface area contributed by atoms with E-state index >= 15 is 0 Å². The first-order valence-corrected chi connectivity index (χ1v) is 23.1. The predicted molar refractivity (Wildman–Crippen MR) is 242 cm³/mol. The summed E-state index contributed by atoms with van der Waals surface area (Å²) < 4.78 is 17.2. The lowest BCUT2D eigenvalue weighted by Gasteiger charge is -2.18. The molecule has 0 bridgehead atoms. The van der Waals surface area contributed by atoms with Crippen LogP contribution in [0, 0.1) is 0 Å². The van der Waals surface area contributed by atoms with Gasteiger partial charge in [0.15, 0.2) is 6.10 Å². The molecule has 0 saturated heterocycles. The monoisotopic (exact) mass is 779 g/mol. The van der Waals surface area contributed by atoms with Crippen molar-refractivity contribution in [3.8, 4) is 0 Å². The van der Waals surface area contributed by atoms with Crippen LogP contribution in [0.4, 0.5) is 0 Å². The third kappa shape index (κ3) is 43.8. The summed E-state index contributed by atoms with van der Waals surface area (Å²) in [6, 6.07) is 0. The van der Waals surface area contributed by atoms with Crippen molar-refractivity contribution >= 4 is 11.9 Å². The van der Waals surface area contributed by atoms with Crippen molar-refractivity contribution in [3.63, 3.8) is 0 Å². The smallest absolute Gasteiger partial charge is 0.309 e. The molecule has 0 N–H and O–H groups in total. The SMILES string of the molecule is CC/C=C\C/C=C\C/C=C\C/C=C\C/C=C\CC(=O)OCC(COCCCCCCCC/C=C\C/C=C\CCCCC)OC(=O)CCCCCCCCCCC. The number of unbranched alkanes of at least 4 members (excludes halogenated alkanes) is 17. The van der Waals surface area contributed by atoms with Crippen LogP contribution in [0.15, 0.2) is 85.1 Å². The molecule has 5 heteroatoms. The van der Waals surface area contributed by atoms with E-state index < -0.39 is 6.10 Å². The third-order valence-electron chi connectivity index (χ3n) is 9.45. The highest BCUT2D eigenvalue weighted by molar-refractivity contribution is 5.71. The molecule has 0 rings (SSSR count). The van der Waals surface area contributed by atoms with Crippen LogP contribution in [-0.2, 0) is 23.8 Å². The molecule has 0 heterocycles. The van der Waals surface area contributed by atoms with Gasteiger partial charge in [0.2, 0.25) is 0 Å². The molecule has 0 amide bonds. The molecule has 0 radical (unpaired) electrons. The molecule has 0 aromatic rings. The van der Waals surface area contributed by atoms with Crippen molar-refractivity contribution in [1.82, 2.24) is 0 Å². The molecule has 0 spiro atoms. The van der Waals surface area contributed by atoms with Gasteiger partial charge in [-0.1, -0.05) is 196 Å². The highest BCUT2D eigenvalue weighted by atomic mass is 16.6. The van der Waals surface area contributed by atoms with Gasteiger partial charge in [0.05, 0.1) is 13.0 Å². The minimum atomic E-state index is -0.581. The quantitative estimate of drug-likeness (QED) is 0.0351. The fourth-order valence-electron chi connectivity index (χ4n) is 6.02. The van der Waals surface area contributed by atoms with Gasteiger partial charge in [-0.05, 0) is 77.0 Å². The molecule has 0 aromatic heterocycles. The normalized spacial score (nSPS) is 13.0. The molecule has 1 atom stereocenters. The van der Waals surface area contributed by atoms with Crippen molar-refractivity contribution in [3.05, 3.63) is 85.1 Å². The van der Waals surface area contributed by atoms with Gasteiger partial charge in [-0.2, -0.15) is 0 Å². The lowest BCUT2D eigenvalue weighted by molar-refractivity contribution is -0.162. The van der Waals surface area contributed by atoms with E-state index in [1.165, 1.54) is 96.3 Å². The summed E-state index contributed by atoms with van der Waals surface area (Å²) in [4.78, 5) is 25.1. The second-order valence-electron chi connectivity index (χ2n) is 14.9. The number of carbonyl (C=O) groups excluding carboxylic acids is 2. The van der Waals surface area contributed by atoms with E-state index in [4.69, 9.17) is 14.2 Å². The average Bonchev–Trinajstić information content (AvgIpc) is 3.20. The Kier molecular flexibility index (Phi) is 44.0. The van der Waals surface area contributed by atoms with Crippen molar-refractivity contribution in [2.75, 3.05) is 19.8 Å².